The molecule has 25 heavy (non-hydrogen) atoms. The fourth-order valence-corrected chi connectivity index (χ4v) is 4.17. The Bertz CT molecular complexity index is 804. The average Bonchev–Trinajstić information content (AvgIpc) is 3.03. The largest absolute Gasteiger partial charge is 0.364 e. The lowest BCUT2D eigenvalue weighted by molar-refractivity contribution is 0.431. The molecule has 0 unspecified atom stereocenters. The molecule has 1 saturated heterocycles. The number of aryl methyl sites for hydroxylation is 1. The van der Waals surface area contributed by atoms with Crippen molar-refractivity contribution in [3.8, 4) is 0 Å². The predicted molar refractivity (Wildman–Crippen MR) is 101 cm³/mol. The summed E-state index contributed by atoms with van der Waals surface area (Å²) in [7, 11) is 0. The first-order valence-corrected chi connectivity index (χ1v) is 9.65. The Morgan fingerprint density at radius 3 is 2.84 bits per heavy atom. The highest BCUT2D eigenvalue weighted by molar-refractivity contribution is 7.98. The number of aromatic amines is 1. The minimum absolute atomic E-state index is 0.109. The summed E-state index contributed by atoms with van der Waals surface area (Å²) in [6, 6.07) is 0. The van der Waals surface area contributed by atoms with Crippen molar-refractivity contribution < 1.29 is 0 Å². The second-order valence-electron chi connectivity index (χ2n) is 6.46. The smallest absolute Gasteiger partial charge is 0.191 e. The first kappa shape index (κ1) is 17.9. The molecule has 0 saturated carbocycles. The molecule has 3 heterocycles. The van der Waals surface area contributed by atoms with E-state index in [1.165, 1.54) is 0 Å². The summed E-state index contributed by atoms with van der Waals surface area (Å²) in [5, 5.41) is 13.2. The third-order valence-corrected chi connectivity index (χ3v) is 5.71. The van der Waals surface area contributed by atoms with Crippen molar-refractivity contribution in [2.75, 3.05) is 13.1 Å². The second kappa shape index (κ2) is 8.01. The lowest BCUT2D eigenvalue weighted by Crippen LogP contribution is -2.28. The lowest BCUT2D eigenvalue weighted by atomic mass is 9.97. The van der Waals surface area contributed by atoms with Crippen LogP contribution in [0.4, 0.5) is 0 Å². The van der Waals surface area contributed by atoms with Crippen LogP contribution >= 0.6 is 11.8 Å². The maximum atomic E-state index is 12.1. The van der Waals surface area contributed by atoms with Crippen molar-refractivity contribution in [2.45, 2.75) is 50.1 Å². The van der Waals surface area contributed by atoms with Gasteiger partial charge in [-0.05, 0) is 39.8 Å². The van der Waals surface area contributed by atoms with E-state index in [1.54, 1.807) is 18.0 Å². The lowest BCUT2D eigenvalue weighted by Gasteiger charge is -2.22. The Hall–Kier alpha value is -1.86. The molecule has 2 aromatic rings. The molecule has 1 aliphatic rings. The molecule has 7 heteroatoms. The average molecular weight is 359 g/mol. The molecule has 0 amide bonds. The Morgan fingerprint density at radius 1 is 1.36 bits per heavy atom. The molecule has 2 N–H and O–H groups in total. The highest BCUT2D eigenvalue weighted by atomic mass is 32.2. The molecule has 1 fully saturated rings. The summed E-state index contributed by atoms with van der Waals surface area (Å²) in [6.45, 7) is 10.3. The van der Waals surface area contributed by atoms with Gasteiger partial charge < -0.3 is 14.9 Å². The third-order valence-electron chi connectivity index (χ3n) is 4.72. The molecule has 3 rings (SSSR count). The third kappa shape index (κ3) is 3.88. The number of aromatic nitrogens is 4. The minimum atomic E-state index is 0.109. The van der Waals surface area contributed by atoms with E-state index < -0.39 is 0 Å². The highest BCUT2D eigenvalue weighted by Gasteiger charge is 2.23. The van der Waals surface area contributed by atoms with Crippen LogP contribution < -0.4 is 10.7 Å². The SMILES string of the molecule is C=CCn1c(SCc2[nH]cc(C)c(=O)c2C)nnc1C1CCNCC1. The normalized spacial score (nSPS) is 15.4. The predicted octanol–water partition coefficient (Wildman–Crippen LogP) is 2.53. The maximum Gasteiger partial charge on any atom is 0.191 e. The van der Waals surface area contributed by atoms with Crippen LogP contribution in [0.2, 0.25) is 0 Å². The number of H-pyrrole nitrogens is 1. The van der Waals surface area contributed by atoms with Gasteiger partial charge in [0, 0.05) is 41.2 Å². The molecule has 6 nitrogen and oxygen atoms in total. The number of nitrogens with zero attached hydrogens (tertiary/aromatic N) is 3. The van der Waals surface area contributed by atoms with E-state index in [2.05, 4.69) is 31.6 Å². The topological polar surface area (TPSA) is 75.6 Å². The van der Waals surface area contributed by atoms with Crippen LogP contribution in [0.3, 0.4) is 0 Å². The molecule has 0 spiro atoms. The van der Waals surface area contributed by atoms with Gasteiger partial charge in [-0.2, -0.15) is 0 Å². The van der Waals surface area contributed by atoms with E-state index >= 15 is 0 Å². The maximum absolute atomic E-state index is 12.1. The molecule has 0 aromatic carbocycles. The summed E-state index contributed by atoms with van der Waals surface area (Å²) in [6.07, 6.45) is 5.84. The number of piperidine rings is 1. The van der Waals surface area contributed by atoms with Gasteiger partial charge in [0.1, 0.15) is 5.82 Å². The molecule has 134 valence electrons. The number of pyridine rings is 1. The molecule has 2 aromatic heterocycles. The first-order valence-electron chi connectivity index (χ1n) is 8.67. The van der Waals surface area contributed by atoms with Crippen LogP contribution in [0.1, 0.15) is 41.4 Å². The summed E-state index contributed by atoms with van der Waals surface area (Å²) in [4.78, 5) is 15.3. The van der Waals surface area contributed by atoms with Crippen molar-refractivity contribution in [3.63, 3.8) is 0 Å². The molecule has 1 aliphatic heterocycles. The van der Waals surface area contributed by atoms with Gasteiger partial charge >= 0.3 is 0 Å². The molecular formula is C18H25N5OS. The van der Waals surface area contributed by atoms with Gasteiger partial charge in [-0.3, -0.25) is 4.79 Å². The van der Waals surface area contributed by atoms with Crippen molar-refractivity contribution in [2.24, 2.45) is 0 Å². The number of hydrogen-bond donors (Lipinski definition) is 2. The summed E-state index contributed by atoms with van der Waals surface area (Å²) in [5.41, 5.74) is 2.57. The number of hydrogen-bond acceptors (Lipinski definition) is 5. The standard InChI is InChI=1S/C18H25N5OS/c1-4-9-23-17(14-5-7-19-8-6-14)21-22-18(23)25-11-15-13(3)16(24)12(2)10-20-15/h4,10,14,19H,1,5-9,11H2,2-3H3,(H,20,24). The Kier molecular flexibility index (Phi) is 5.75. The molecular weight excluding hydrogens is 334 g/mol. The van der Waals surface area contributed by atoms with Gasteiger partial charge in [0.15, 0.2) is 10.6 Å². The van der Waals surface area contributed by atoms with Gasteiger partial charge in [-0.15, -0.1) is 16.8 Å². The summed E-state index contributed by atoms with van der Waals surface area (Å²) < 4.78 is 2.16. The van der Waals surface area contributed by atoms with E-state index in [9.17, 15) is 4.79 Å². The summed E-state index contributed by atoms with van der Waals surface area (Å²) in [5.74, 6) is 2.17. The van der Waals surface area contributed by atoms with Crippen LogP contribution in [-0.4, -0.2) is 32.8 Å². The quantitative estimate of drug-likeness (QED) is 0.612. The summed E-state index contributed by atoms with van der Waals surface area (Å²) >= 11 is 1.61. The van der Waals surface area contributed by atoms with Crippen LogP contribution in [-0.2, 0) is 12.3 Å². The fourth-order valence-electron chi connectivity index (χ4n) is 3.18. The van der Waals surface area contributed by atoms with Crippen molar-refractivity contribution in [3.05, 3.63) is 51.7 Å². The first-order chi connectivity index (χ1) is 12.1. The Balaban J connectivity index is 1.80. The molecule has 0 bridgehead atoms. The monoisotopic (exact) mass is 359 g/mol. The zero-order valence-corrected chi connectivity index (χ0v) is 15.7. The number of thioether (sulfide) groups is 1. The van der Waals surface area contributed by atoms with E-state index in [4.69, 9.17) is 0 Å². The second-order valence-corrected chi connectivity index (χ2v) is 7.40. The van der Waals surface area contributed by atoms with E-state index in [1.807, 2.05) is 19.9 Å². The number of nitrogens with one attached hydrogen (secondary N) is 2. The van der Waals surface area contributed by atoms with Crippen molar-refractivity contribution in [1.29, 1.82) is 0 Å². The van der Waals surface area contributed by atoms with Gasteiger partial charge in [-0.25, -0.2) is 0 Å². The van der Waals surface area contributed by atoms with Crippen LogP contribution in [0.15, 0.2) is 28.8 Å². The van der Waals surface area contributed by atoms with E-state index in [0.717, 1.165) is 53.7 Å². The highest BCUT2D eigenvalue weighted by Crippen LogP contribution is 2.28. The molecule has 0 radical (unpaired) electrons. The fraction of sp³-hybridized carbons (Fsp3) is 0.500. The number of rotatable bonds is 6. The zero-order chi connectivity index (χ0) is 17.8. The Morgan fingerprint density at radius 2 is 2.12 bits per heavy atom. The molecule has 0 aliphatic carbocycles. The van der Waals surface area contributed by atoms with E-state index in [-0.39, 0.29) is 5.43 Å². The Labute approximate surface area is 152 Å². The van der Waals surface area contributed by atoms with Crippen molar-refractivity contribution in [1.82, 2.24) is 25.1 Å². The number of allylic oxidation sites excluding steroid dienone is 1. The van der Waals surface area contributed by atoms with Gasteiger partial charge in [0.2, 0.25) is 0 Å². The van der Waals surface area contributed by atoms with Crippen LogP contribution in [0, 0.1) is 13.8 Å². The van der Waals surface area contributed by atoms with Gasteiger partial charge in [-0.1, -0.05) is 17.8 Å². The van der Waals surface area contributed by atoms with Gasteiger partial charge in [0.25, 0.3) is 0 Å². The minimum Gasteiger partial charge on any atom is -0.364 e. The zero-order valence-electron chi connectivity index (χ0n) is 14.8. The van der Waals surface area contributed by atoms with Crippen LogP contribution in [0.25, 0.3) is 0 Å². The van der Waals surface area contributed by atoms with E-state index in [0.29, 0.717) is 18.2 Å². The molecule has 0 atom stereocenters. The van der Waals surface area contributed by atoms with Crippen molar-refractivity contribution >= 4 is 11.8 Å². The van der Waals surface area contributed by atoms with Gasteiger partial charge in [0.05, 0.1) is 0 Å². The van der Waals surface area contributed by atoms with Crippen LogP contribution in [0.5, 0.6) is 0 Å².